The number of ether oxygens (including phenoxy) is 1. The van der Waals surface area contributed by atoms with Gasteiger partial charge in [-0.05, 0) is 0 Å². The Labute approximate surface area is 89.2 Å². The van der Waals surface area contributed by atoms with E-state index in [1.54, 1.807) is 13.3 Å². The van der Waals surface area contributed by atoms with Crippen LogP contribution in [0.25, 0.3) is 0 Å². The smallest absolute Gasteiger partial charge is 0.180 e. The van der Waals surface area contributed by atoms with Crippen LogP contribution in [-0.4, -0.2) is 49.3 Å². The van der Waals surface area contributed by atoms with Crippen molar-refractivity contribution in [3.8, 4) is 0 Å². The molecular formula is C10H17N3O2. The van der Waals surface area contributed by atoms with Crippen LogP contribution in [0, 0.1) is 0 Å². The second kappa shape index (κ2) is 4.74. The molecule has 1 saturated heterocycles. The zero-order valence-corrected chi connectivity index (χ0v) is 8.93. The lowest BCUT2D eigenvalue weighted by Crippen LogP contribution is -2.30. The van der Waals surface area contributed by atoms with E-state index >= 15 is 0 Å². The Morgan fingerprint density at radius 3 is 3.20 bits per heavy atom. The van der Waals surface area contributed by atoms with Crippen molar-refractivity contribution in [2.24, 2.45) is 5.73 Å². The van der Waals surface area contributed by atoms with Crippen LogP contribution in [0.5, 0.6) is 0 Å². The van der Waals surface area contributed by atoms with Gasteiger partial charge in [-0.3, -0.25) is 4.90 Å². The van der Waals surface area contributed by atoms with E-state index in [-0.39, 0.29) is 12.0 Å². The summed E-state index contributed by atoms with van der Waals surface area (Å²) in [5.41, 5.74) is 6.06. The Balaban J connectivity index is 1.93. The van der Waals surface area contributed by atoms with Gasteiger partial charge in [-0.1, -0.05) is 0 Å². The Bertz CT molecular complexity index is 289. The molecule has 0 aromatic carbocycles. The third kappa shape index (κ3) is 2.37. The van der Waals surface area contributed by atoms with Crippen LogP contribution in [0.3, 0.4) is 0 Å². The number of nitrogens with two attached hydrogens (primary N) is 1. The van der Waals surface area contributed by atoms with Crippen LogP contribution in [0.2, 0.25) is 0 Å². The maximum Gasteiger partial charge on any atom is 0.180 e. The van der Waals surface area contributed by atoms with Gasteiger partial charge in [0.25, 0.3) is 0 Å². The fourth-order valence-corrected chi connectivity index (χ4v) is 2.03. The van der Waals surface area contributed by atoms with Crippen molar-refractivity contribution >= 4 is 0 Å². The van der Waals surface area contributed by atoms with Crippen LogP contribution in [0.1, 0.15) is 11.7 Å². The lowest BCUT2D eigenvalue weighted by Gasteiger charge is -2.13. The maximum atomic E-state index is 6.06. The number of nitrogens with zero attached hydrogens (tertiary/aromatic N) is 2. The van der Waals surface area contributed by atoms with E-state index < -0.39 is 0 Å². The van der Waals surface area contributed by atoms with Gasteiger partial charge in [-0.2, -0.15) is 0 Å². The topological polar surface area (TPSA) is 64.5 Å². The molecule has 0 aliphatic carbocycles. The molecule has 15 heavy (non-hydrogen) atoms. The first-order valence-electron chi connectivity index (χ1n) is 5.16. The highest BCUT2D eigenvalue weighted by molar-refractivity contribution is 5.08. The number of oxazole rings is 1. The molecule has 5 heteroatoms. The molecule has 0 radical (unpaired) electrons. The normalized spacial score (nSPS) is 27.3. The van der Waals surface area contributed by atoms with Gasteiger partial charge in [0, 0.05) is 38.7 Å². The van der Waals surface area contributed by atoms with Crippen molar-refractivity contribution < 1.29 is 9.15 Å². The minimum atomic E-state index is 0.134. The number of aromatic nitrogens is 1. The van der Waals surface area contributed by atoms with Gasteiger partial charge in [-0.15, -0.1) is 0 Å². The monoisotopic (exact) mass is 211 g/mol. The van der Waals surface area contributed by atoms with Gasteiger partial charge >= 0.3 is 0 Å². The van der Waals surface area contributed by atoms with E-state index in [2.05, 4.69) is 9.88 Å². The fourth-order valence-electron chi connectivity index (χ4n) is 2.03. The number of hydrogen-bond acceptors (Lipinski definition) is 5. The third-order valence-corrected chi connectivity index (χ3v) is 2.87. The van der Waals surface area contributed by atoms with Crippen molar-refractivity contribution in [1.82, 2.24) is 9.88 Å². The second-order valence-electron chi connectivity index (χ2n) is 3.93. The number of methoxy groups -OCH3 is 1. The van der Waals surface area contributed by atoms with Crippen molar-refractivity contribution in [3.63, 3.8) is 0 Å². The molecule has 0 saturated carbocycles. The molecule has 1 aromatic heterocycles. The largest absolute Gasteiger partial charge is 0.448 e. The van der Waals surface area contributed by atoms with Gasteiger partial charge in [-0.25, -0.2) is 4.98 Å². The molecule has 5 nitrogen and oxygen atoms in total. The molecule has 2 rings (SSSR count). The van der Waals surface area contributed by atoms with E-state index in [0.717, 1.165) is 32.0 Å². The molecule has 2 N–H and O–H groups in total. The Morgan fingerprint density at radius 1 is 1.67 bits per heavy atom. The van der Waals surface area contributed by atoms with Crippen LogP contribution in [0.4, 0.5) is 0 Å². The van der Waals surface area contributed by atoms with E-state index in [0.29, 0.717) is 0 Å². The van der Waals surface area contributed by atoms with Gasteiger partial charge in [0.1, 0.15) is 5.76 Å². The average Bonchev–Trinajstić information content (AvgIpc) is 2.83. The molecule has 1 fully saturated rings. The summed E-state index contributed by atoms with van der Waals surface area (Å²) in [7, 11) is 1.71. The summed E-state index contributed by atoms with van der Waals surface area (Å²) in [5.74, 6) is 1.16. The van der Waals surface area contributed by atoms with Crippen molar-refractivity contribution in [1.29, 1.82) is 0 Å². The summed E-state index contributed by atoms with van der Waals surface area (Å²) in [4.78, 5) is 6.22. The van der Waals surface area contributed by atoms with Crippen LogP contribution < -0.4 is 5.73 Å². The zero-order valence-electron chi connectivity index (χ0n) is 8.93. The Kier molecular flexibility index (Phi) is 3.35. The fraction of sp³-hybridized carbons (Fsp3) is 0.700. The molecule has 2 heterocycles. The van der Waals surface area contributed by atoms with Crippen LogP contribution >= 0.6 is 0 Å². The molecule has 1 aliphatic rings. The minimum Gasteiger partial charge on any atom is -0.448 e. The molecule has 0 amide bonds. The molecule has 0 spiro atoms. The minimum absolute atomic E-state index is 0.134. The van der Waals surface area contributed by atoms with Gasteiger partial charge < -0.3 is 14.9 Å². The lowest BCUT2D eigenvalue weighted by atomic mass is 10.0. The molecule has 2 atom stereocenters. The maximum absolute atomic E-state index is 6.06. The Hall–Kier alpha value is -0.910. The average molecular weight is 211 g/mol. The van der Waals surface area contributed by atoms with E-state index in [4.69, 9.17) is 14.9 Å². The van der Waals surface area contributed by atoms with Crippen molar-refractivity contribution in [2.75, 3.05) is 33.4 Å². The van der Waals surface area contributed by atoms with Crippen molar-refractivity contribution in [3.05, 3.63) is 18.4 Å². The summed E-state index contributed by atoms with van der Waals surface area (Å²) in [6.45, 7) is 3.50. The van der Waals surface area contributed by atoms with Gasteiger partial charge in [0.2, 0.25) is 0 Å². The first-order valence-corrected chi connectivity index (χ1v) is 5.16. The van der Waals surface area contributed by atoms with E-state index in [9.17, 15) is 0 Å². The summed E-state index contributed by atoms with van der Waals surface area (Å²) in [5, 5.41) is 0. The van der Waals surface area contributed by atoms with Gasteiger partial charge in [0.05, 0.1) is 12.8 Å². The molecule has 1 aliphatic heterocycles. The zero-order chi connectivity index (χ0) is 10.7. The lowest BCUT2D eigenvalue weighted by molar-refractivity contribution is 0.159. The third-order valence-electron chi connectivity index (χ3n) is 2.87. The number of likely N-dealkylation sites (tertiary alicyclic amines) is 1. The molecule has 2 unspecified atom stereocenters. The molecule has 1 aromatic rings. The van der Waals surface area contributed by atoms with Crippen molar-refractivity contribution in [2.45, 2.75) is 12.0 Å². The molecule has 0 bridgehead atoms. The predicted molar refractivity (Wildman–Crippen MR) is 55.5 cm³/mol. The highest BCUT2D eigenvalue weighted by Crippen LogP contribution is 2.25. The van der Waals surface area contributed by atoms with Crippen LogP contribution in [0.15, 0.2) is 17.0 Å². The summed E-state index contributed by atoms with van der Waals surface area (Å²) in [6, 6.07) is 0.134. The highest BCUT2D eigenvalue weighted by Gasteiger charge is 2.32. The van der Waals surface area contributed by atoms with E-state index in [1.165, 1.54) is 6.39 Å². The van der Waals surface area contributed by atoms with Crippen LogP contribution in [-0.2, 0) is 4.74 Å². The molecular weight excluding hydrogens is 194 g/mol. The summed E-state index contributed by atoms with van der Waals surface area (Å²) in [6.07, 6.45) is 3.21. The standard InChI is InChI=1S/C10H17N3O2/c1-14-3-2-13-5-8(9(11)6-13)10-4-12-7-15-10/h4,7-9H,2-3,5-6,11H2,1H3. The summed E-state index contributed by atoms with van der Waals surface area (Å²) >= 11 is 0. The number of hydrogen-bond donors (Lipinski definition) is 1. The SMILES string of the molecule is COCCN1CC(N)C(c2cnco2)C1. The first-order chi connectivity index (χ1) is 7.31. The van der Waals surface area contributed by atoms with E-state index in [1.807, 2.05) is 0 Å². The van der Waals surface area contributed by atoms with Gasteiger partial charge in [0.15, 0.2) is 6.39 Å². The second-order valence-corrected chi connectivity index (χ2v) is 3.93. The first kappa shape index (κ1) is 10.6. The summed E-state index contributed by atoms with van der Waals surface area (Å²) < 4.78 is 10.3. The quantitative estimate of drug-likeness (QED) is 0.762. The molecule has 84 valence electrons. The predicted octanol–water partition coefficient (Wildman–Crippen LogP) is 0.0475. The Morgan fingerprint density at radius 2 is 2.53 bits per heavy atom. The number of rotatable bonds is 4. The highest BCUT2D eigenvalue weighted by atomic mass is 16.5.